The molecule has 2 aromatic rings. The SMILES string of the molecule is CC(Nc1ncnc2ccccc12)C1CCCO1. The fraction of sp³-hybridized carbons (Fsp3) is 0.429. The minimum absolute atomic E-state index is 0.269. The van der Waals surface area contributed by atoms with Gasteiger partial charge in [-0.25, -0.2) is 9.97 Å². The van der Waals surface area contributed by atoms with Crippen LogP contribution in [-0.2, 0) is 4.74 Å². The van der Waals surface area contributed by atoms with Crippen LogP contribution in [0.1, 0.15) is 19.8 Å². The van der Waals surface area contributed by atoms with E-state index in [1.54, 1.807) is 6.33 Å². The normalized spacial score (nSPS) is 21.1. The van der Waals surface area contributed by atoms with Crippen LogP contribution in [0.2, 0.25) is 0 Å². The molecule has 3 rings (SSSR count). The lowest BCUT2D eigenvalue weighted by atomic mass is 10.1. The summed E-state index contributed by atoms with van der Waals surface area (Å²) in [6.45, 7) is 3.02. The first kappa shape index (κ1) is 11.4. The zero-order valence-electron chi connectivity index (χ0n) is 10.5. The number of nitrogens with zero attached hydrogens (tertiary/aromatic N) is 2. The molecule has 0 spiro atoms. The summed E-state index contributed by atoms with van der Waals surface area (Å²) in [5.74, 6) is 0.892. The second kappa shape index (κ2) is 4.90. The summed E-state index contributed by atoms with van der Waals surface area (Å²) in [5, 5.41) is 4.51. The number of hydrogen-bond donors (Lipinski definition) is 1. The van der Waals surface area contributed by atoms with Crippen LogP contribution in [0.15, 0.2) is 30.6 Å². The molecule has 1 aromatic heterocycles. The third-order valence-corrected chi connectivity index (χ3v) is 3.43. The zero-order chi connectivity index (χ0) is 12.4. The summed E-state index contributed by atoms with van der Waals surface area (Å²) in [5.41, 5.74) is 0.967. The summed E-state index contributed by atoms with van der Waals surface area (Å²) in [6, 6.07) is 8.31. The Morgan fingerprint density at radius 3 is 3.06 bits per heavy atom. The van der Waals surface area contributed by atoms with E-state index < -0.39 is 0 Å². The molecule has 18 heavy (non-hydrogen) atoms. The Labute approximate surface area is 106 Å². The lowest BCUT2D eigenvalue weighted by Gasteiger charge is -2.21. The van der Waals surface area contributed by atoms with Gasteiger partial charge in [0.1, 0.15) is 12.1 Å². The molecule has 0 amide bonds. The Kier molecular flexibility index (Phi) is 3.11. The van der Waals surface area contributed by atoms with Crippen LogP contribution < -0.4 is 5.32 Å². The highest BCUT2D eigenvalue weighted by Crippen LogP contribution is 2.22. The van der Waals surface area contributed by atoms with Crippen molar-refractivity contribution in [2.45, 2.75) is 31.9 Å². The minimum Gasteiger partial charge on any atom is -0.376 e. The van der Waals surface area contributed by atoms with Gasteiger partial charge >= 0.3 is 0 Å². The van der Waals surface area contributed by atoms with Crippen LogP contribution >= 0.6 is 0 Å². The molecule has 4 nitrogen and oxygen atoms in total. The number of rotatable bonds is 3. The molecule has 2 atom stereocenters. The van der Waals surface area contributed by atoms with Gasteiger partial charge in [0.05, 0.1) is 17.7 Å². The van der Waals surface area contributed by atoms with E-state index in [4.69, 9.17) is 4.74 Å². The molecule has 1 aliphatic heterocycles. The van der Waals surface area contributed by atoms with Crippen molar-refractivity contribution < 1.29 is 4.74 Å². The van der Waals surface area contributed by atoms with E-state index in [1.807, 2.05) is 24.3 Å². The van der Waals surface area contributed by atoms with E-state index in [9.17, 15) is 0 Å². The molecule has 0 saturated carbocycles. The highest BCUT2D eigenvalue weighted by Gasteiger charge is 2.22. The lowest BCUT2D eigenvalue weighted by Crippen LogP contribution is -2.30. The molecule has 94 valence electrons. The summed E-state index contributed by atoms with van der Waals surface area (Å²) >= 11 is 0. The Morgan fingerprint density at radius 2 is 2.22 bits per heavy atom. The van der Waals surface area contributed by atoms with Crippen molar-refractivity contribution in [3.05, 3.63) is 30.6 Å². The number of aromatic nitrogens is 2. The van der Waals surface area contributed by atoms with Gasteiger partial charge in [-0.05, 0) is 31.9 Å². The minimum atomic E-state index is 0.269. The molecule has 1 saturated heterocycles. The molecule has 1 aromatic carbocycles. The predicted octanol–water partition coefficient (Wildman–Crippen LogP) is 2.61. The van der Waals surface area contributed by atoms with Gasteiger partial charge in [0.2, 0.25) is 0 Å². The van der Waals surface area contributed by atoms with Crippen molar-refractivity contribution >= 4 is 16.7 Å². The van der Waals surface area contributed by atoms with Gasteiger partial charge in [0, 0.05) is 12.0 Å². The van der Waals surface area contributed by atoms with Gasteiger partial charge in [-0.1, -0.05) is 12.1 Å². The molecule has 1 aliphatic rings. The lowest BCUT2D eigenvalue weighted by molar-refractivity contribution is 0.0996. The molecule has 4 heteroatoms. The van der Waals surface area contributed by atoms with Gasteiger partial charge in [0.25, 0.3) is 0 Å². The maximum atomic E-state index is 5.69. The first-order chi connectivity index (χ1) is 8.84. The average Bonchev–Trinajstić information content (AvgIpc) is 2.93. The number of ether oxygens (including phenoxy) is 1. The van der Waals surface area contributed by atoms with Crippen molar-refractivity contribution in [2.75, 3.05) is 11.9 Å². The topological polar surface area (TPSA) is 47.0 Å². The quantitative estimate of drug-likeness (QED) is 0.900. The van der Waals surface area contributed by atoms with E-state index in [2.05, 4.69) is 22.2 Å². The van der Waals surface area contributed by atoms with E-state index in [0.717, 1.165) is 36.2 Å². The van der Waals surface area contributed by atoms with Crippen molar-refractivity contribution in [3.8, 4) is 0 Å². The van der Waals surface area contributed by atoms with E-state index in [-0.39, 0.29) is 6.04 Å². The van der Waals surface area contributed by atoms with Crippen molar-refractivity contribution in [3.63, 3.8) is 0 Å². The molecule has 0 radical (unpaired) electrons. The maximum Gasteiger partial charge on any atom is 0.137 e. The van der Waals surface area contributed by atoms with Crippen LogP contribution in [0.3, 0.4) is 0 Å². The number of benzene rings is 1. The smallest absolute Gasteiger partial charge is 0.137 e. The van der Waals surface area contributed by atoms with Crippen LogP contribution in [0.5, 0.6) is 0 Å². The maximum absolute atomic E-state index is 5.69. The van der Waals surface area contributed by atoms with Crippen LogP contribution in [0.25, 0.3) is 10.9 Å². The third kappa shape index (κ3) is 2.16. The van der Waals surface area contributed by atoms with Gasteiger partial charge in [-0.3, -0.25) is 0 Å². The fourth-order valence-corrected chi connectivity index (χ4v) is 2.43. The number of fused-ring (bicyclic) bond motifs is 1. The molecular weight excluding hydrogens is 226 g/mol. The fourth-order valence-electron chi connectivity index (χ4n) is 2.43. The molecule has 2 unspecified atom stereocenters. The monoisotopic (exact) mass is 243 g/mol. The molecule has 0 aliphatic carbocycles. The summed E-state index contributed by atoms with van der Waals surface area (Å²) < 4.78 is 5.69. The van der Waals surface area contributed by atoms with Crippen molar-refractivity contribution in [2.24, 2.45) is 0 Å². The van der Waals surface area contributed by atoms with Gasteiger partial charge in [-0.2, -0.15) is 0 Å². The summed E-state index contributed by atoms with van der Waals surface area (Å²) in [6.07, 6.45) is 4.17. The Hall–Kier alpha value is -1.68. The second-order valence-electron chi connectivity index (χ2n) is 4.72. The van der Waals surface area contributed by atoms with Crippen LogP contribution in [0.4, 0.5) is 5.82 Å². The number of nitrogens with one attached hydrogen (secondary N) is 1. The van der Waals surface area contributed by atoms with Gasteiger partial charge in [0.15, 0.2) is 0 Å². The third-order valence-electron chi connectivity index (χ3n) is 3.43. The highest BCUT2D eigenvalue weighted by atomic mass is 16.5. The van der Waals surface area contributed by atoms with Crippen LogP contribution in [-0.4, -0.2) is 28.7 Å². The second-order valence-corrected chi connectivity index (χ2v) is 4.72. The predicted molar refractivity (Wildman–Crippen MR) is 71.6 cm³/mol. The van der Waals surface area contributed by atoms with Crippen molar-refractivity contribution in [1.82, 2.24) is 9.97 Å². The summed E-state index contributed by atoms with van der Waals surface area (Å²) in [4.78, 5) is 8.60. The average molecular weight is 243 g/mol. The molecule has 2 heterocycles. The highest BCUT2D eigenvalue weighted by molar-refractivity contribution is 5.88. The largest absolute Gasteiger partial charge is 0.376 e. The number of hydrogen-bond acceptors (Lipinski definition) is 4. The Bertz CT molecular complexity index is 532. The zero-order valence-corrected chi connectivity index (χ0v) is 10.5. The molecule has 1 N–H and O–H groups in total. The Morgan fingerprint density at radius 1 is 1.33 bits per heavy atom. The number of para-hydroxylation sites is 1. The van der Waals surface area contributed by atoms with E-state index >= 15 is 0 Å². The van der Waals surface area contributed by atoms with Crippen LogP contribution in [0, 0.1) is 0 Å². The number of anilines is 1. The van der Waals surface area contributed by atoms with E-state index in [1.165, 1.54) is 0 Å². The van der Waals surface area contributed by atoms with Gasteiger partial charge in [-0.15, -0.1) is 0 Å². The first-order valence-electron chi connectivity index (χ1n) is 6.42. The van der Waals surface area contributed by atoms with Crippen molar-refractivity contribution in [1.29, 1.82) is 0 Å². The summed E-state index contributed by atoms with van der Waals surface area (Å²) in [7, 11) is 0. The van der Waals surface area contributed by atoms with E-state index in [0.29, 0.717) is 6.10 Å². The Balaban J connectivity index is 1.85. The molecular formula is C14H17N3O. The first-order valence-corrected chi connectivity index (χ1v) is 6.42. The molecule has 1 fully saturated rings. The van der Waals surface area contributed by atoms with Gasteiger partial charge < -0.3 is 10.1 Å². The molecule has 0 bridgehead atoms. The standard InChI is InChI=1S/C14H17N3O/c1-10(13-7-4-8-18-13)17-14-11-5-2-3-6-12(11)15-9-16-14/h2-3,5-6,9-10,13H,4,7-8H2,1H3,(H,15,16,17).